The summed E-state index contributed by atoms with van der Waals surface area (Å²) in [4.78, 5) is 170. The molecule has 2 saturated heterocycles. The molecule has 88 heavy (non-hydrogen) atoms. The van der Waals surface area contributed by atoms with Gasteiger partial charge in [0.15, 0.2) is 5.96 Å². The summed E-state index contributed by atoms with van der Waals surface area (Å²) in [5.41, 5.74) is 24.7. The number of carboxylic acid groups (broad SMARTS) is 2. The van der Waals surface area contributed by atoms with Gasteiger partial charge < -0.3 is 100 Å². The van der Waals surface area contributed by atoms with E-state index in [0.29, 0.717) is 24.2 Å². The monoisotopic (exact) mass is 1230 g/mol. The molecule has 0 bridgehead atoms. The van der Waals surface area contributed by atoms with Gasteiger partial charge in [0.1, 0.15) is 54.4 Å². The number of hydrogen-bond acceptors (Lipinski definition) is 18. The largest absolute Gasteiger partial charge is 0.481 e. The average molecular weight is 1240 g/mol. The van der Waals surface area contributed by atoms with E-state index in [9.17, 15) is 68.1 Å². The van der Waals surface area contributed by atoms with E-state index in [0.717, 1.165) is 10.5 Å². The zero-order valence-electron chi connectivity index (χ0n) is 48.8. The molecular weight excluding hydrogens is 1150 g/mol. The quantitative estimate of drug-likeness (QED) is 0.0147. The van der Waals surface area contributed by atoms with Gasteiger partial charge >= 0.3 is 11.9 Å². The first kappa shape index (κ1) is 69.7. The molecule has 2 aliphatic rings. The lowest BCUT2D eigenvalue weighted by atomic mass is 10.0. The second-order valence-corrected chi connectivity index (χ2v) is 21.5. The van der Waals surface area contributed by atoms with E-state index in [1.807, 2.05) is 30.3 Å². The molecule has 1 aromatic carbocycles. The van der Waals surface area contributed by atoms with Crippen molar-refractivity contribution in [1.82, 2.24) is 67.0 Å². The molecule has 9 amide bonds. The van der Waals surface area contributed by atoms with Gasteiger partial charge in [-0.2, -0.15) is 0 Å². The Labute approximate surface area is 506 Å². The standard InChI is InChI=1S/C55H82N18O15/c1-30(75)44(53(86)73-21-9-15-42(73)50(83)67-37(54(87)88)16-17-43(76)77)71-46(79)35(12-5-6-18-56)66-49(82)40(27-74)70-48(81)38(23-32-25-60-28-63-32)68-45(78)36(13-7-19-62-55(58)59)65-47(80)39(24-33-26-61-29-64-33)69-51(84)41-14-8-20-72(41)52(85)34(57)22-31-10-3-2-4-11-31/h2-4,10-11,25-26,28-30,34-42,44,74-75H,5-9,12-24,27,56-57H2,1H3,(H,60,63)(H,61,64)(H,65,80)(H,66,82)(H,67,83)(H,68,78)(H,69,84)(H,70,81)(H,71,79)(H,76,77)(H,87,88)(H4,58,59,62)/t30-,34+,35+,36+,37+,38+,39+,40+,41+,42+,44+/m1/s1. The molecule has 3 aromatic rings. The number of H-pyrrole nitrogens is 2. The van der Waals surface area contributed by atoms with Crippen LogP contribution < -0.4 is 60.2 Å². The molecule has 2 aromatic heterocycles. The Morgan fingerprint density at radius 3 is 1.62 bits per heavy atom. The number of carbonyl (C=O) groups excluding carboxylic acids is 9. The summed E-state index contributed by atoms with van der Waals surface area (Å²) in [5, 5.41) is 57.7. The SMILES string of the molecule is C[C@@H](O)[C@H](NC(=O)[C@H](CCCCN)NC(=O)[C@H](CO)NC(=O)[C@H](Cc1cnc[nH]1)NC(=O)[C@H](CCCN=C(N)N)NC(=O)[C@H](Cc1cnc[nH]1)NC(=O)[C@@H]1CCCN1C(=O)[C@@H](N)Cc1ccccc1)C(=O)N1CCC[C@H]1C(=O)N[C@@H](CCC(=O)O)C(=O)O. The van der Waals surface area contributed by atoms with Gasteiger partial charge in [0.2, 0.25) is 53.2 Å². The van der Waals surface area contributed by atoms with E-state index < -0.39 is 151 Å². The van der Waals surface area contributed by atoms with Crippen molar-refractivity contribution in [3.63, 3.8) is 0 Å². The lowest BCUT2D eigenvalue weighted by Crippen LogP contribution is -2.62. The number of aliphatic imine (C=N–C) groups is 1. The fourth-order valence-corrected chi connectivity index (χ4v) is 10.1. The third-order valence-electron chi connectivity index (χ3n) is 14.8. The summed E-state index contributed by atoms with van der Waals surface area (Å²) in [6, 6.07) is -5.15. The Hall–Kier alpha value is -9.08. The Morgan fingerprint density at radius 2 is 1.12 bits per heavy atom. The second kappa shape index (κ2) is 34.9. The number of carbonyl (C=O) groups is 11. The van der Waals surface area contributed by atoms with Crippen molar-refractivity contribution in [3.8, 4) is 0 Å². The topological polar surface area (TPSA) is 533 Å². The number of unbranched alkanes of at least 4 members (excludes halogenated alkanes) is 1. The van der Waals surface area contributed by atoms with Crippen LogP contribution in [-0.4, -0.2) is 221 Å². The second-order valence-electron chi connectivity index (χ2n) is 21.5. The fraction of sp³-hybridized carbons (Fsp3) is 0.564. The van der Waals surface area contributed by atoms with E-state index in [1.165, 1.54) is 36.9 Å². The summed E-state index contributed by atoms with van der Waals surface area (Å²) >= 11 is 0. The number of aromatic nitrogens is 4. The van der Waals surface area contributed by atoms with Gasteiger partial charge in [-0.05, 0) is 89.7 Å². The number of aliphatic hydroxyl groups excluding tert-OH is 2. The number of nitrogens with one attached hydrogen (secondary N) is 9. The van der Waals surface area contributed by atoms with Gasteiger partial charge in [-0.15, -0.1) is 0 Å². The highest BCUT2D eigenvalue weighted by molar-refractivity contribution is 5.99. The molecule has 2 aliphatic heterocycles. The maximum Gasteiger partial charge on any atom is 0.326 e. The predicted octanol–water partition coefficient (Wildman–Crippen LogP) is -5.63. The van der Waals surface area contributed by atoms with Crippen LogP contribution in [0.2, 0.25) is 0 Å². The molecule has 0 aliphatic carbocycles. The smallest absolute Gasteiger partial charge is 0.326 e. The van der Waals surface area contributed by atoms with Crippen molar-refractivity contribution >= 4 is 71.1 Å². The summed E-state index contributed by atoms with van der Waals surface area (Å²) in [6.45, 7) is 0.479. The van der Waals surface area contributed by atoms with E-state index in [-0.39, 0.29) is 96.3 Å². The van der Waals surface area contributed by atoms with Crippen LogP contribution in [0.1, 0.15) is 94.5 Å². The number of aliphatic hydroxyl groups is 2. The Morgan fingerprint density at radius 1 is 0.636 bits per heavy atom. The molecule has 0 radical (unpaired) electrons. The summed E-state index contributed by atoms with van der Waals surface area (Å²) < 4.78 is 0. The van der Waals surface area contributed by atoms with Gasteiger partial charge in [-0.25, -0.2) is 14.8 Å². The molecule has 0 saturated carbocycles. The van der Waals surface area contributed by atoms with Crippen LogP contribution in [0.4, 0.5) is 0 Å². The van der Waals surface area contributed by atoms with Crippen molar-refractivity contribution in [2.45, 2.75) is 163 Å². The highest BCUT2D eigenvalue weighted by Gasteiger charge is 2.42. The van der Waals surface area contributed by atoms with Crippen LogP contribution >= 0.6 is 0 Å². The molecule has 21 N–H and O–H groups in total. The van der Waals surface area contributed by atoms with E-state index in [4.69, 9.17) is 28.0 Å². The minimum Gasteiger partial charge on any atom is -0.481 e. The minimum atomic E-state index is -1.81. The minimum absolute atomic E-state index is 0.00614. The highest BCUT2D eigenvalue weighted by Crippen LogP contribution is 2.22. The van der Waals surface area contributed by atoms with E-state index in [1.54, 1.807) is 0 Å². The van der Waals surface area contributed by atoms with Crippen molar-refractivity contribution in [3.05, 3.63) is 72.3 Å². The predicted molar refractivity (Wildman–Crippen MR) is 312 cm³/mol. The number of hydrogen-bond donors (Lipinski definition) is 17. The number of amides is 9. The molecule has 11 atom stereocenters. The fourth-order valence-electron chi connectivity index (χ4n) is 10.1. The number of likely N-dealkylation sites (tertiary alicyclic amines) is 2. The third-order valence-corrected chi connectivity index (χ3v) is 14.8. The molecule has 5 rings (SSSR count). The zero-order valence-corrected chi connectivity index (χ0v) is 48.8. The Bertz CT molecular complexity index is 2860. The maximum absolute atomic E-state index is 14.5. The number of aromatic amines is 2. The first-order valence-corrected chi connectivity index (χ1v) is 29.0. The van der Waals surface area contributed by atoms with Crippen LogP contribution in [-0.2, 0) is 72.0 Å². The van der Waals surface area contributed by atoms with Crippen molar-refractivity contribution in [2.24, 2.45) is 27.9 Å². The number of nitrogens with zero attached hydrogens (tertiary/aromatic N) is 5. The van der Waals surface area contributed by atoms with Gasteiger partial charge in [-0.3, -0.25) is 52.9 Å². The molecule has 0 spiro atoms. The van der Waals surface area contributed by atoms with E-state index in [2.05, 4.69) is 62.1 Å². The lowest BCUT2D eigenvalue weighted by Gasteiger charge is -2.31. The lowest BCUT2D eigenvalue weighted by molar-refractivity contribution is -0.146. The average Bonchev–Trinajstić information content (AvgIpc) is 2.23. The van der Waals surface area contributed by atoms with Crippen LogP contribution in [0.3, 0.4) is 0 Å². The number of benzene rings is 1. The summed E-state index contributed by atoms with van der Waals surface area (Å²) in [6.07, 6.45) is 4.05. The van der Waals surface area contributed by atoms with Gasteiger partial charge in [0.25, 0.3) is 0 Å². The van der Waals surface area contributed by atoms with E-state index >= 15 is 0 Å². The molecule has 4 heterocycles. The van der Waals surface area contributed by atoms with Crippen molar-refractivity contribution < 1.29 is 73.2 Å². The Balaban J connectivity index is 1.32. The molecule has 33 heteroatoms. The van der Waals surface area contributed by atoms with Gasteiger partial charge in [0, 0.05) is 62.7 Å². The maximum atomic E-state index is 14.5. The highest BCUT2D eigenvalue weighted by atomic mass is 16.4. The van der Waals surface area contributed by atoms with Crippen LogP contribution in [0.25, 0.3) is 0 Å². The molecular formula is C55H82N18O15. The third kappa shape index (κ3) is 21.4. The van der Waals surface area contributed by atoms with Crippen LogP contribution in [0, 0.1) is 0 Å². The van der Waals surface area contributed by atoms with Crippen molar-refractivity contribution in [1.29, 1.82) is 0 Å². The van der Waals surface area contributed by atoms with Crippen molar-refractivity contribution in [2.75, 3.05) is 32.8 Å². The molecule has 2 fully saturated rings. The summed E-state index contributed by atoms with van der Waals surface area (Å²) in [5.74, 6) is -11.0. The first-order valence-electron chi connectivity index (χ1n) is 29.0. The number of aliphatic carboxylic acids is 2. The molecule has 33 nitrogen and oxygen atoms in total. The van der Waals surface area contributed by atoms with Gasteiger partial charge in [0.05, 0.1) is 31.4 Å². The summed E-state index contributed by atoms with van der Waals surface area (Å²) in [7, 11) is 0. The van der Waals surface area contributed by atoms with Gasteiger partial charge in [-0.1, -0.05) is 30.3 Å². The zero-order chi connectivity index (χ0) is 64.5. The number of guanidine groups is 1. The molecule has 0 unspecified atom stereocenters. The number of imidazole rings is 2. The number of rotatable bonds is 36. The molecule has 482 valence electrons. The normalized spacial score (nSPS) is 17.7. The number of carboxylic acids is 2. The number of nitrogens with two attached hydrogens (primary N) is 4. The first-order chi connectivity index (χ1) is 42.0. The van der Waals surface area contributed by atoms with Crippen LogP contribution in [0.15, 0.2) is 60.4 Å². The van der Waals surface area contributed by atoms with Crippen LogP contribution in [0.5, 0.6) is 0 Å². The Kier molecular flexibility index (Phi) is 27.6.